The van der Waals surface area contributed by atoms with E-state index in [2.05, 4.69) is 26.1 Å². The number of carbonyl (C=O) groups excluding carboxylic acids is 1. The van der Waals surface area contributed by atoms with E-state index in [-0.39, 0.29) is 11.7 Å². The highest BCUT2D eigenvalue weighted by Gasteiger charge is 2.24. The van der Waals surface area contributed by atoms with Crippen LogP contribution in [0.5, 0.6) is 0 Å². The van der Waals surface area contributed by atoms with E-state index >= 15 is 0 Å². The molecule has 0 bridgehead atoms. The van der Waals surface area contributed by atoms with Crippen molar-refractivity contribution in [2.24, 2.45) is 10.9 Å². The number of rotatable bonds is 3. The second-order valence-corrected chi connectivity index (χ2v) is 5.35. The number of halogens is 1. The fraction of sp³-hybridized carbons (Fsp3) is 0.417. The van der Waals surface area contributed by atoms with Gasteiger partial charge in [0.05, 0.1) is 6.54 Å². The van der Waals surface area contributed by atoms with Gasteiger partial charge in [-0.05, 0) is 28.1 Å². The van der Waals surface area contributed by atoms with Gasteiger partial charge >= 0.3 is 0 Å². The topological polar surface area (TPSA) is 95.0 Å². The lowest BCUT2D eigenvalue weighted by atomic mass is 10.2. The van der Waals surface area contributed by atoms with Gasteiger partial charge in [-0.3, -0.25) is 9.69 Å². The van der Waals surface area contributed by atoms with Crippen molar-refractivity contribution in [2.75, 3.05) is 32.7 Å². The maximum absolute atomic E-state index is 12.3. The number of hydrogen-bond donors (Lipinski definition) is 2. The first-order valence-electron chi connectivity index (χ1n) is 6.20. The van der Waals surface area contributed by atoms with Crippen LogP contribution in [-0.4, -0.2) is 64.5 Å². The van der Waals surface area contributed by atoms with Crippen molar-refractivity contribution in [2.45, 2.75) is 0 Å². The zero-order valence-electron chi connectivity index (χ0n) is 10.9. The Morgan fingerprint density at radius 1 is 1.45 bits per heavy atom. The minimum absolute atomic E-state index is 0.0825. The summed E-state index contributed by atoms with van der Waals surface area (Å²) in [6, 6.07) is 3.57. The molecule has 7 nitrogen and oxygen atoms in total. The highest BCUT2D eigenvalue weighted by atomic mass is 79.9. The average molecular weight is 342 g/mol. The summed E-state index contributed by atoms with van der Waals surface area (Å²) in [6.07, 6.45) is 1.60. The molecule has 2 rings (SSSR count). The molecular formula is C12H16BrN5O2. The van der Waals surface area contributed by atoms with Gasteiger partial charge in [0.1, 0.15) is 5.69 Å². The normalized spacial score (nSPS) is 17.2. The molecule has 2 heterocycles. The lowest BCUT2D eigenvalue weighted by Crippen LogP contribution is -2.50. The number of amides is 1. The summed E-state index contributed by atoms with van der Waals surface area (Å²) in [5.74, 6) is 0.0955. The quantitative estimate of drug-likeness (QED) is 0.358. The van der Waals surface area contributed by atoms with Gasteiger partial charge in [-0.15, -0.1) is 0 Å². The summed E-state index contributed by atoms with van der Waals surface area (Å²) in [5, 5.41) is 11.5. The second kappa shape index (κ2) is 6.67. The zero-order chi connectivity index (χ0) is 14.5. The lowest BCUT2D eigenvalue weighted by molar-refractivity contribution is 0.0646. The smallest absolute Gasteiger partial charge is 0.273 e. The molecule has 1 fully saturated rings. The Bertz CT molecular complexity index is 514. The Labute approximate surface area is 125 Å². The number of aromatic nitrogens is 1. The van der Waals surface area contributed by atoms with Gasteiger partial charge in [-0.2, -0.15) is 0 Å². The Hall–Kier alpha value is -1.67. The van der Waals surface area contributed by atoms with Crippen LogP contribution in [-0.2, 0) is 0 Å². The Morgan fingerprint density at radius 3 is 2.75 bits per heavy atom. The van der Waals surface area contributed by atoms with Crippen LogP contribution in [0.3, 0.4) is 0 Å². The van der Waals surface area contributed by atoms with Crippen molar-refractivity contribution in [1.82, 2.24) is 14.8 Å². The lowest BCUT2D eigenvalue weighted by Gasteiger charge is -2.34. The van der Waals surface area contributed by atoms with E-state index in [0.717, 1.165) is 0 Å². The molecule has 0 radical (unpaired) electrons. The van der Waals surface area contributed by atoms with E-state index in [4.69, 9.17) is 10.9 Å². The van der Waals surface area contributed by atoms with Crippen LogP contribution in [0, 0.1) is 0 Å². The molecule has 0 saturated carbocycles. The highest BCUT2D eigenvalue weighted by molar-refractivity contribution is 9.10. The van der Waals surface area contributed by atoms with Crippen molar-refractivity contribution in [3.8, 4) is 0 Å². The summed E-state index contributed by atoms with van der Waals surface area (Å²) in [6.45, 7) is 2.98. The van der Waals surface area contributed by atoms with Crippen LogP contribution in [0.4, 0.5) is 0 Å². The number of piperazine rings is 1. The van der Waals surface area contributed by atoms with E-state index in [0.29, 0.717) is 42.9 Å². The third-order valence-electron chi connectivity index (χ3n) is 3.13. The Balaban J connectivity index is 1.94. The molecule has 20 heavy (non-hydrogen) atoms. The first-order valence-corrected chi connectivity index (χ1v) is 6.99. The predicted molar refractivity (Wildman–Crippen MR) is 77.7 cm³/mol. The molecule has 1 aliphatic rings. The Kier molecular flexibility index (Phi) is 4.91. The molecule has 1 aliphatic heterocycles. The molecule has 0 unspecified atom stereocenters. The minimum atomic E-state index is -0.0825. The first-order chi connectivity index (χ1) is 9.61. The first kappa shape index (κ1) is 14.7. The minimum Gasteiger partial charge on any atom is -0.409 e. The summed E-state index contributed by atoms with van der Waals surface area (Å²) < 4.78 is 0.698. The molecule has 0 aromatic carbocycles. The van der Waals surface area contributed by atoms with Crippen LogP contribution in [0.25, 0.3) is 0 Å². The van der Waals surface area contributed by atoms with Crippen molar-refractivity contribution in [1.29, 1.82) is 0 Å². The average Bonchev–Trinajstić information content (AvgIpc) is 2.47. The number of pyridine rings is 1. The highest BCUT2D eigenvalue weighted by Crippen LogP contribution is 2.16. The van der Waals surface area contributed by atoms with Crippen LogP contribution < -0.4 is 5.73 Å². The fourth-order valence-corrected chi connectivity index (χ4v) is 2.49. The van der Waals surface area contributed by atoms with E-state index in [1.807, 2.05) is 4.90 Å². The van der Waals surface area contributed by atoms with Gasteiger partial charge in [-0.1, -0.05) is 5.16 Å². The number of amidine groups is 1. The summed E-state index contributed by atoms with van der Waals surface area (Å²) in [5.41, 5.74) is 5.90. The van der Waals surface area contributed by atoms with Crippen molar-refractivity contribution >= 4 is 27.7 Å². The predicted octanol–water partition coefficient (Wildman–Crippen LogP) is 0.348. The van der Waals surface area contributed by atoms with E-state index < -0.39 is 0 Å². The maximum atomic E-state index is 12.3. The molecule has 0 aliphatic carbocycles. The van der Waals surface area contributed by atoms with Crippen LogP contribution in [0.2, 0.25) is 0 Å². The maximum Gasteiger partial charge on any atom is 0.273 e. The van der Waals surface area contributed by atoms with Crippen molar-refractivity contribution in [3.63, 3.8) is 0 Å². The molecule has 0 spiro atoms. The van der Waals surface area contributed by atoms with E-state index in [1.54, 1.807) is 23.2 Å². The molecule has 108 valence electrons. The number of nitrogens with zero attached hydrogens (tertiary/aromatic N) is 4. The molecule has 1 saturated heterocycles. The molecule has 0 atom stereocenters. The molecule has 1 amide bonds. The fourth-order valence-electron chi connectivity index (χ4n) is 2.06. The summed E-state index contributed by atoms with van der Waals surface area (Å²) >= 11 is 3.34. The standard InChI is InChI=1S/C12H16BrN5O2/c13-9-2-1-3-15-11(9)12(19)18-6-4-17(5-7-18)8-10(14)16-20/h1-3,20H,4-8H2,(H2,14,16). The second-order valence-electron chi connectivity index (χ2n) is 4.49. The van der Waals surface area contributed by atoms with Gasteiger partial charge in [0.15, 0.2) is 5.84 Å². The zero-order valence-corrected chi connectivity index (χ0v) is 12.5. The monoisotopic (exact) mass is 341 g/mol. The van der Waals surface area contributed by atoms with Gasteiger partial charge in [0, 0.05) is 36.8 Å². The van der Waals surface area contributed by atoms with Gasteiger partial charge in [-0.25, -0.2) is 4.98 Å². The summed E-state index contributed by atoms with van der Waals surface area (Å²) in [7, 11) is 0. The summed E-state index contributed by atoms with van der Waals surface area (Å²) in [4.78, 5) is 20.2. The molecule has 8 heteroatoms. The van der Waals surface area contributed by atoms with Gasteiger partial charge < -0.3 is 15.8 Å². The van der Waals surface area contributed by atoms with Gasteiger partial charge in [0.2, 0.25) is 0 Å². The largest absolute Gasteiger partial charge is 0.409 e. The number of carbonyl (C=O) groups is 1. The SMILES string of the molecule is N/C(CN1CCN(C(=O)c2ncccc2Br)CC1)=N/O. The number of nitrogens with two attached hydrogens (primary N) is 1. The molecule has 1 aromatic heterocycles. The van der Waals surface area contributed by atoms with Crippen molar-refractivity contribution < 1.29 is 10.0 Å². The van der Waals surface area contributed by atoms with Crippen LogP contribution >= 0.6 is 15.9 Å². The van der Waals surface area contributed by atoms with Crippen molar-refractivity contribution in [3.05, 3.63) is 28.5 Å². The van der Waals surface area contributed by atoms with Crippen LogP contribution in [0.15, 0.2) is 28.0 Å². The molecule has 3 N–H and O–H groups in total. The van der Waals surface area contributed by atoms with Crippen LogP contribution in [0.1, 0.15) is 10.5 Å². The van der Waals surface area contributed by atoms with E-state index in [1.165, 1.54) is 0 Å². The molecular weight excluding hydrogens is 326 g/mol. The Morgan fingerprint density at radius 2 is 2.15 bits per heavy atom. The number of hydrogen-bond acceptors (Lipinski definition) is 5. The third-order valence-corrected chi connectivity index (χ3v) is 3.77. The van der Waals surface area contributed by atoms with Gasteiger partial charge in [0.25, 0.3) is 5.91 Å². The number of oxime groups is 1. The third kappa shape index (κ3) is 3.45. The van der Waals surface area contributed by atoms with E-state index in [9.17, 15) is 4.79 Å². The molecule has 1 aromatic rings.